The van der Waals surface area contributed by atoms with Gasteiger partial charge in [0.15, 0.2) is 5.13 Å². The van der Waals surface area contributed by atoms with Crippen LogP contribution in [0.3, 0.4) is 0 Å². The molecule has 0 aliphatic heterocycles. The predicted octanol–water partition coefficient (Wildman–Crippen LogP) is 2.19. The SMILES string of the molecule is Cc1cnc(/C=C/c2cnc(N)s2)o1. The summed E-state index contributed by atoms with van der Waals surface area (Å²) in [6, 6.07) is 0. The minimum atomic E-state index is 0.563. The third-order valence-electron chi connectivity index (χ3n) is 1.57. The fourth-order valence-corrected chi connectivity index (χ4v) is 1.57. The number of rotatable bonds is 2. The summed E-state index contributed by atoms with van der Waals surface area (Å²) in [6.45, 7) is 1.86. The quantitative estimate of drug-likeness (QED) is 0.819. The minimum absolute atomic E-state index is 0.563. The molecular weight excluding hydrogens is 198 g/mol. The first-order chi connectivity index (χ1) is 6.74. The van der Waals surface area contributed by atoms with Crippen molar-refractivity contribution in [2.24, 2.45) is 0 Å². The van der Waals surface area contributed by atoms with E-state index in [1.165, 1.54) is 11.3 Å². The van der Waals surface area contributed by atoms with Crippen molar-refractivity contribution in [3.63, 3.8) is 0 Å². The van der Waals surface area contributed by atoms with Gasteiger partial charge in [0, 0.05) is 17.2 Å². The zero-order valence-corrected chi connectivity index (χ0v) is 8.41. The van der Waals surface area contributed by atoms with Crippen molar-refractivity contribution >= 4 is 28.6 Å². The normalized spacial score (nSPS) is 11.2. The summed E-state index contributed by atoms with van der Waals surface area (Å²) in [7, 11) is 0. The molecule has 0 atom stereocenters. The van der Waals surface area contributed by atoms with E-state index >= 15 is 0 Å². The molecule has 2 N–H and O–H groups in total. The fourth-order valence-electron chi connectivity index (χ4n) is 0.980. The Morgan fingerprint density at radius 3 is 2.79 bits per heavy atom. The van der Waals surface area contributed by atoms with Crippen molar-refractivity contribution in [1.82, 2.24) is 9.97 Å². The summed E-state index contributed by atoms with van der Waals surface area (Å²) in [5, 5.41) is 0.563. The van der Waals surface area contributed by atoms with Gasteiger partial charge in [-0.3, -0.25) is 0 Å². The monoisotopic (exact) mass is 207 g/mol. The molecular formula is C9H9N3OS. The molecule has 0 saturated carbocycles. The Kier molecular flexibility index (Phi) is 2.32. The standard InChI is InChI=1S/C9H9N3OS/c1-6-4-11-8(13-6)3-2-7-5-12-9(10)14-7/h2-5H,1H3,(H2,10,12)/b3-2+. The lowest BCUT2D eigenvalue weighted by atomic mass is 10.4. The number of nitrogen functional groups attached to an aromatic ring is 1. The van der Waals surface area contributed by atoms with Gasteiger partial charge >= 0.3 is 0 Å². The van der Waals surface area contributed by atoms with Crippen molar-refractivity contribution in [2.45, 2.75) is 6.92 Å². The van der Waals surface area contributed by atoms with Gasteiger partial charge in [0.25, 0.3) is 0 Å². The number of hydrogen-bond donors (Lipinski definition) is 1. The summed E-state index contributed by atoms with van der Waals surface area (Å²) in [5.41, 5.74) is 5.49. The number of nitrogens with two attached hydrogens (primary N) is 1. The van der Waals surface area contributed by atoms with Gasteiger partial charge < -0.3 is 10.2 Å². The number of aromatic nitrogens is 2. The summed E-state index contributed by atoms with van der Waals surface area (Å²) < 4.78 is 5.27. The molecule has 2 aromatic rings. The average molecular weight is 207 g/mol. The molecule has 2 heterocycles. The van der Waals surface area contributed by atoms with Crippen molar-refractivity contribution in [3.05, 3.63) is 28.9 Å². The van der Waals surface area contributed by atoms with E-state index in [4.69, 9.17) is 10.2 Å². The molecule has 5 heteroatoms. The van der Waals surface area contributed by atoms with Gasteiger partial charge in [0.2, 0.25) is 5.89 Å². The Balaban J connectivity index is 2.14. The van der Waals surface area contributed by atoms with Crippen LogP contribution in [0.2, 0.25) is 0 Å². The highest BCUT2D eigenvalue weighted by atomic mass is 32.1. The van der Waals surface area contributed by atoms with Gasteiger partial charge in [0.05, 0.1) is 6.20 Å². The van der Waals surface area contributed by atoms with E-state index in [9.17, 15) is 0 Å². The van der Waals surface area contributed by atoms with Crippen molar-refractivity contribution in [1.29, 1.82) is 0 Å². The first kappa shape index (κ1) is 8.96. The zero-order valence-electron chi connectivity index (χ0n) is 7.60. The topological polar surface area (TPSA) is 64.9 Å². The number of anilines is 1. The smallest absolute Gasteiger partial charge is 0.218 e. The fraction of sp³-hybridized carbons (Fsp3) is 0.111. The number of hydrogen-bond acceptors (Lipinski definition) is 5. The Bertz CT molecular complexity index is 416. The number of nitrogens with zero attached hydrogens (tertiary/aromatic N) is 2. The van der Waals surface area contributed by atoms with Gasteiger partial charge in [-0.1, -0.05) is 11.3 Å². The summed E-state index contributed by atoms with van der Waals surface area (Å²) in [5.74, 6) is 1.39. The number of aryl methyl sites for hydroxylation is 1. The van der Waals surface area contributed by atoms with Crippen LogP contribution in [0.15, 0.2) is 16.8 Å². The predicted molar refractivity (Wildman–Crippen MR) is 56.7 cm³/mol. The molecule has 0 spiro atoms. The Morgan fingerprint density at radius 2 is 2.21 bits per heavy atom. The van der Waals surface area contributed by atoms with Crippen LogP contribution in [0.5, 0.6) is 0 Å². The van der Waals surface area contributed by atoms with Crippen LogP contribution in [-0.2, 0) is 0 Å². The Labute approximate surface area is 85.1 Å². The van der Waals surface area contributed by atoms with Crippen molar-refractivity contribution in [2.75, 3.05) is 5.73 Å². The van der Waals surface area contributed by atoms with Crippen LogP contribution < -0.4 is 5.73 Å². The average Bonchev–Trinajstić information content (AvgIpc) is 2.72. The molecule has 0 aliphatic rings. The lowest BCUT2D eigenvalue weighted by Gasteiger charge is -1.82. The number of thiazole rings is 1. The van der Waals surface area contributed by atoms with Crippen LogP contribution >= 0.6 is 11.3 Å². The molecule has 0 unspecified atom stereocenters. The second kappa shape index (κ2) is 3.63. The molecule has 72 valence electrons. The third kappa shape index (κ3) is 2.00. The van der Waals surface area contributed by atoms with E-state index in [-0.39, 0.29) is 0 Å². The van der Waals surface area contributed by atoms with Gasteiger partial charge in [-0.2, -0.15) is 0 Å². The maximum atomic E-state index is 5.49. The maximum absolute atomic E-state index is 5.49. The summed E-state index contributed by atoms with van der Waals surface area (Å²) in [4.78, 5) is 8.95. The third-order valence-corrected chi connectivity index (χ3v) is 2.36. The zero-order chi connectivity index (χ0) is 9.97. The number of oxazole rings is 1. The van der Waals surface area contributed by atoms with Crippen molar-refractivity contribution < 1.29 is 4.42 Å². The van der Waals surface area contributed by atoms with Gasteiger partial charge in [-0.25, -0.2) is 9.97 Å². The van der Waals surface area contributed by atoms with Crippen molar-refractivity contribution in [3.8, 4) is 0 Å². The largest absolute Gasteiger partial charge is 0.442 e. The van der Waals surface area contributed by atoms with E-state index in [2.05, 4.69) is 9.97 Å². The molecule has 0 amide bonds. The Hall–Kier alpha value is -1.62. The van der Waals surface area contributed by atoms with Crippen LogP contribution in [0, 0.1) is 6.92 Å². The molecule has 0 saturated heterocycles. The van der Waals surface area contributed by atoms with E-state index < -0.39 is 0 Å². The van der Waals surface area contributed by atoms with E-state index in [0.717, 1.165) is 10.6 Å². The van der Waals surface area contributed by atoms with Gasteiger partial charge in [0.1, 0.15) is 5.76 Å². The van der Waals surface area contributed by atoms with Gasteiger partial charge in [-0.05, 0) is 13.0 Å². The van der Waals surface area contributed by atoms with Crippen LogP contribution in [0.4, 0.5) is 5.13 Å². The second-order valence-electron chi connectivity index (χ2n) is 2.74. The minimum Gasteiger partial charge on any atom is -0.442 e. The van der Waals surface area contributed by atoms with Gasteiger partial charge in [-0.15, -0.1) is 0 Å². The summed E-state index contributed by atoms with van der Waals surface area (Å²) in [6.07, 6.45) is 7.06. The molecule has 0 fully saturated rings. The van der Waals surface area contributed by atoms with Crippen LogP contribution in [0.25, 0.3) is 12.2 Å². The van der Waals surface area contributed by atoms with E-state index in [0.29, 0.717) is 11.0 Å². The highest BCUT2D eigenvalue weighted by molar-refractivity contribution is 7.16. The first-order valence-electron chi connectivity index (χ1n) is 4.06. The molecule has 4 nitrogen and oxygen atoms in total. The maximum Gasteiger partial charge on any atom is 0.218 e. The molecule has 14 heavy (non-hydrogen) atoms. The second-order valence-corrected chi connectivity index (χ2v) is 3.84. The molecule has 2 rings (SSSR count). The van der Waals surface area contributed by atoms with E-state index in [1.807, 2.05) is 13.0 Å². The molecule has 0 aromatic carbocycles. The first-order valence-corrected chi connectivity index (χ1v) is 4.87. The molecule has 0 bridgehead atoms. The lowest BCUT2D eigenvalue weighted by molar-refractivity contribution is 0.517. The molecule has 0 aliphatic carbocycles. The van der Waals surface area contributed by atoms with Crippen LogP contribution in [0.1, 0.15) is 16.5 Å². The molecule has 0 radical (unpaired) electrons. The highest BCUT2D eigenvalue weighted by Gasteiger charge is 1.96. The van der Waals surface area contributed by atoms with E-state index in [1.54, 1.807) is 18.5 Å². The van der Waals surface area contributed by atoms with Crippen LogP contribution in [-0.4, -0.2) is 9.97 Å². The highest BCUT2D eigenvalue weighted by Crippen LogP contribution is 2.17. The lowest BCUT2D eigenvalue weighted by Crippen LogP contribution is -1.77. The Morgan fingerprint density at radius 1 is 1.36 bits per heavy atom. The molecule has 2 aromatic heterocycles. The summed E-state index contributed by atoms with van der Waals surface area (Å²) >= 11 is 1.42.